The van der Waals surface area contributed by atoms with Gasteiger partial charge in [0.25, 0.3) is 5.56 Å². The maximum Gasteiger partial charge on any atom is 0.499 e. The first-order valence-electron chi connectivity index (χ1n) is 6.20. The number of aromatic nitrogens is 2. The number of hydrogen-bond donors (Lipinski definition) is 4. The molecule has 124 valence electrons. The molecule has 2 heterocycles. The van der Waals surface area contributed by atoms with E-state index >= 15 is 0 Å². The summed E-state index contributed by atoms with van der Waals surface area (Å²) in [6.45, 7) is 0.937. The minimum atomic E-state index is -4.70. The maximum atomic E-state index is 11.8. The number of H-pyrrole nitrogens is 1. The molecule has 12 heteroatoms. The van der Waals surface area contributed by atoms with Crippen LogP contribution in [0.15, 0.2) is 15.8 Å². The zero-order valence-corrected chi connectivity index (χ0v) is 12.3. The molecule has 4 atom stereocenters. The average Bonchev–Trinajstić information content (AvgIpc) is 2.84. The lowest BCUT2D eigenvalue weighted by Gasteiger charge is -2.17. The van der Waals surface area contributed by atoms with Crippen molar-refractivity contribution in [2.45, 2.75) is 31.8 Å². The maximum absolute atomic E-state index is 11.8. The molecule has 2 rings (SSSR count). The lowest BCUT2D eigenvalue weighted by Crippen LogP contribution is -2.33. The summed E-state index contributed by atoms with van der Waals surface area (Å²) in [5.74, 6) is 0. The first kappa shape index (κ1) is 17.0. The van der Waals surface area contributed by atoms with Gasteiger partial charge < -0.3 is 14.7 Å². The molecule has 0 radical (unpaired) electrons. The second kappa shape index (κ2) is 6.42. The van der Waals surface area contributed by atoms with E-state index < -0.39 is 44.1 Å². The SMILES string of the molecule is Cc1cn([C@H]2C[C@@H](OP(=O)(O)OO)[C@@H](CO)O2)c(=O)[nH]c1=O. The molecule has 0 saturated carbocycles. The molecule has 0 amide bonds. The Balaban J connectivity index is 2.25. The van der Waals surface area contributed by atoms with E-state index in [2.05, 4.69) is 14.2 Å². The summed E-state index contributed by atoms with van der Waals surface area (Å²) in [6, 6.07) is 0. The number of phosphoric ester groups is 1. The van der Waals surface area contributed by atoms with Crippen LogP contribution in [0.5, 0.6) is 0 Å². The summed E-state index contributed by atoms with van der Waals surface area (Å²) < 4.78 is 25.7. The minimum absolute atomic E-state index is 0.0788. The highest BCUT2D eigenvalue weighted by Crippen LogP contribution is 2.47. The quantitative estimate of drug-likeness (QED) is 0.303. The lowest BCUT2D eigenvalue weighted by atomic mass is 10.2. The molecule has 0 aliphatic carbocycles. The van der Waals surface area contributed by atoms with Crippen molar-refractivity contribution in [2.24, 2.45) is 0 Å². The van der Waals surface area contributed by atoms with Gasteiger partial charge in [0.2, 0.25) is 0 Å². The molecule has 0 spiro atoms. The topological polar surface area (TPSA) is 160 Å². The van der Waals surface area contributed by atoms with Gasteiger partial charge in [-0.2, -0.15) is 0 Å². The largest absolute Gasteiger partial charge is 0.499 e. The van der Waals surface area contributed by atoms with Gasteiger partial charge in [0.1, 0.15) is 18.4 Å². The summed E-state index contributed by atoms with van der Waals surface area (Å²) in [5, 5.41) is 17.5. The van der Waals surface area contributed by atoms with E-state index in [9.17, 15) is 19.3 Å². The summed E-state index contributed by atoms with van der Waals surface area (Å²) >= 11 is 0. The molecule has 0 aromatic carbocycles. The Morgan fingerprint density at radius 3 is 2.82 bits per heavy atom. The average molecular weight is 338 g/mol. The third-order valence-electron chi connectivity index (χ3n) is 3.19. The minimum Gasteiger partial charge on any atom is -0.394 e. The first-order valence-corrected chi connectivity index (χ1v) is 7.69. The Hall–Kier alpha value is -1.33. The monoisotopic (exact) mass is 338 g/mol. The van der Waals surface area contributed by atoms with Crippen LogP contribution in [0, 0.1) is 6.92 Å². The summed E-state index contributed by atoms with van der Waals surface area (Å²) in [5.41, 5.74) is -1.01. The van der Waals surface area contributed by atoms with Crippen LogP contribution < -0.4 is 11.2 Å². The van der Waals surface area contributed by atoms with Crippen LogP contribution in [0.4, 0.5) is 0 Å². The summed E-state index contributed by atoms with van der Waals surface area (Å²) in [4.78, 5) is 34.3. The van der Waals surface area contributed by atoms with E-state index in [1.54, 1.807) is 0 Å². The number of ether oxygens (including phenoxy) is 1. The van der Waals surface area contributed by atoms with Gasteiger partial charge in [-0.3, -0.25) is 18.9 Å². The summed E-state index contributed by atoms with van der Waals surface area (Å²) in [6.07, 6.45) is -1.85. The number of nitrogens with zero attached hydrogens (tertiary/aromatic N) is 1. The number of aliphatic hydroxyl groups is 1. The van der Waals surface area contributed by atoms with Crippen LogP contribution >= 0.6 is 7.82 Å². The van der Waals surface area contributed by atoms with E-state index in [-0.39, 0.29) is 12.0 Å². The molecule has 1 aliphatic heterocycles. The molecular formula is C10H15N2O9P. The van der Waals surface area contributed by atoms with Crippen LogP contribution in [-0.4, -0.2) is 43.6 Å². The van der Waals surface area contributed by atoms with Crippen LogP contribution in [0.25, 0.3) is 0 Å². The molecule has 1 aromatic rings. The van der Waals surface area contributed by atoms with E-state index in [0.29, 0.717) is 0 Å². The van der Waals surface area contributed by atoms with Crippen LogP contribution in [-0.2, 0) is 18.5 Å². The highest BCUT2D eigenvalue weighted by Gasteiger charge is 2.41. The van der Waals surface area contributed by atoms with Crippen molar-refractivity contribution < 1.29 is 33.8 Å². The van der Waals surface area contributed by atoms with Gasteiger partial charge in [-0.05, 0) is 6.92 Å². The standard InChI is InChI=1S/C10H15N2O9P/c1-5-3-12(10(15)11-9(5)14)8-2-6(7(4-13)19-8)20-22(17,18)21-16/h3,6-8,13,16H,2,4H2,1H3,(H,17,18)(H,11,14,15)/t6-,7-,8-/m1/s1. The van der Waals surface area contributed by atoms with Gasteiger partial charge in [0.05, 0.1) is 6.61 Å². The third-order valence-corrected chi connectivity index (χ3v) is 3.93. The zero-order valence-electron chi connectivity index (χ0n) is 11.4. The van der Waals surface area contributed by atoms with Crippen molar-refractivity contribution in [3.05, 3.63) is 32.6 Å². The molecular weight excluding hydrogens is 323 g/mol. The number of nitrogens with one attached hydrogen (secondary N) is 1. The molecule has 22 heavy (non-hydrogen) atoms. The van der Waals surface area contributed by atoms with Crippen LogP contribution in [0.1, 0.15) is 18.2 Å². The van der Waals surface area contributed by atoms with Gasteiger partial charge >= 0.3 is 13.5 Å². The van der Waals surface area contributed by atoms with Crippen molar-refractivity contribution in [1.29, 1.82) is 0 Å². The zero-order chi connectivity index (χ0) is 16.5. The number of hydrogen-bond acceptors (Lipinski definition) is 8. The molecule has 1 saturated heterocycles. The number of aliphatic hydroxyl groups excluding tert-OH is 1. The molecule has 4 N–H and O–H groups in total. The predicted octanol–water partition coefficient (Wildman–Crippen LogP) is -0.900. The Kier molecular flexibility index (Phi) is 4.97. The highest BCUT2D eigenvalue weighted by atomic mass is 31.2. The molecule has 1 aromatic heterocycles. The second-order valence-electron chi connectivity index (χ2n) is 4.72. The van der Waals surface area contributed by atoms with Crippen molar-refractivity contribution in [2.75, 3.05) is 6.61 Å². The van der Waals surface area contributed by atoms with E-state index in [0.717, 1.165) is 4.57 Å². The smallest absolute Gasteiger partial charge is 0.394 e. The number of phosphoric acid groups is 1. The number of aryl methyl sites for hydroxylation is 1. The van der Waals surface area contributed by atoms with E-state index in [1.165, 1.54) is 13.1 Å². The Morgan fingerprint density at radius 2 is 2.23 bits per heavy atom. The van der Waals surface area contributed by atoms with Gasteiger partial charge in [0, 0.05) is 18.2 Å². The fourth-order valence-electron chi connectivity index (χ4n) is 2.14. The highest BCUT2D eigenvalue weighted by molar-refractivity contribution is 7.47. The summed E-state index contributed by atoms with van der Waals surface area (Å²) in [7, 11) is -4.70. The Morgan fingerprint density at radius 1 is 1.55 bits per heavy atom. The van der Waals surface area contributed by atoms with Gasteiger partial charge in [0.15, 0.2) is 0 Å². The number of rotatable bonds is 5. The Bertz CT molecular complexity index is 698. The normalized spacial score (nSPS) is 27.7. The molecule has 1 unspecified atom stereocenters. The molecule has 1 fully saturated rings. The van der Waals surface area contributed by atoms with Gasteiger partial charge in [-0.1, -0.05) is 0 Å². The lowest BCUT2D eigenvalue weighted by molar-refractivity contribution is -0.167. The molecule has 0 bridgehead atoms. The van der Waals surface area contributed by atoms with Crippen molar-refractivity contribution in [1.82, 2.24) is 9.55 Å². The van der Waals surface area contributed by atoms with Crippen molar-refractivity contribution >= 4 is 7.82 Å². The molecule has 11 nitrogen and oxygen atoms in total. The van der Waals surface area contributed by atoms with Gasteiger partial charge in [-0.15, -0.1) is 4.67 Å². The van der Waals surface area contributed by atoms with Crippen molar-refractivity contribution in [3.63, 3.8) is 0 Å². The Labute approximate surface area is 123 Å². The van der Waals surface area contributed by atoms with Gasteiger partial charge in [-0.25, -0.2) is 14.6 Å². The predicted molar refractivity (Wildman–Crippen MR) is 70.1 cm³/mol. The van der Waals surface area contributed by atoms with Crippen LogP contribution in [0.2, 0.25) is 0 Å². The first-order chi connectivity index (χ1) is 10.3. The fourth-order valence-corrected chi connectivity index (χ4v) is 2.74. The van der Waals surface area contributed by atoms with E-state index in [1.807, 2.05) is 0 Å². The van der Waals surface area contributed by atoms with Crippen molar-refractivity contribution in [3.8, 4) is 0 Å². The number of aromatic amines is 1. The van der Waals surface area contributed by atoms with E-state index in [4.69, 9.17) is 14.9 Å². The van der Waals surface area contributed by atoms with Crippen LogP contribution in [0.3, 0.4) is 0 Å². The molecule has 1 aliphatic rings. The third kappa shape index (κ3) is 3.52. The second-order valence-corrected chi connectivity index (χ2v) is 6.03. The fraction of sp³-hybridized carbons (Fsp3) is 0.600.